The lowest BCUT2D eigenvalue weighted by Crippen LogP contribution is -2.24. The SMILES string of the molecule is COCCNCc1ccc(N2CCC(C(C)O)C2)c(Cl)c1. The summed E-state index contributed by atoms with van der Waals surface area (Å²) < 4.78 is 5.00. The van der Waals surface area contributed by atoms with Gasteiger partial charge in [-0.3, -0.25) is 0 Å². The molecule has 2 unspecified atom stereocenters. The summed E-state index contributed by atoms with van der Waals surface area (Å²) in [4.78, 5) is 2.27. The highest BCUT2D eigenvalue weighted by Crippen LogP contribution is 2.32. The third-order valence-electron chi connectivity index (χ3n) is 4.07. The molecule has 1 aromatic carbocycles. The molecular weight excluding hydrogens is 288 g/mol. The fourth-order valence-electron chi connectivity index (χ4n) is 2.72. The summed E-state index contributed by atoms with van der Waals surface area (Å²) in [5.74, 6) is 0.344. The number of anilines is 1. The van der Waals surface area contributed by atoms with E-state index in [1.807, 2.05) is 13.0 Å². The molecule has 21 heavy (non-hydrogen) atoms. The fraction of sp³-hybridized carbons (Fsp3) is 0.625. The number of nitrogens with one attached hydrogen (secondary N) is 1. The van der Waals surface area contributed by atoms with Crippen LogP contribution >= 0.6 is 11.6 Å². The third-order valence-corrected chi connectivity index (χ3v) is 4.37. The molecule has 0 amide bonds. The Hall–Kier alpha value is -0.810. The van der Waals surface area contributed by atoms with Crippen molar-refractivity contribution < 1.29 is 9.84 Å². The minimum atomic E-state index is -0.252. The van der Waals surface area contributed by atoms with Crippen molar-refractivity contribution in [2.45, 2.75) is 26.0 Å². The standard InChI is InChI=1S/C16H25ClN2O2/c1-12(20)14-5-7-19(11-14)16-4-3-13(9-15(16)17)10-18-6-8-21-2/h3-4,9,12,14,18,20H,5-8,10-11H2,1-2H3. The van der Waals surface area contributed by atoms with Crippen molar-refractivity contribution in [3.05, 3.63) is 28.8 Å². The Morgan fingerprint density at radius 2 is 2.33 bits per heavy atom. The number of rotatable bonds is 7. The van der Waals surface area contributed by atoms with E-state index in [9.17, 15) is 5.11 Å². The van der Waals surface area contributed by atoms with Gasteiger partial charge in [-0.15, -0.1) is 0 Å². The van der Waals surface area contributed by atoms with Gasteiger partial charge in [0, 0.05) is 39.2 Å². The predicted molar refractivity (Wildman–Crippen MR) is 87.0 cm³/mol. The van der Waals surface area contributed by atoms with Crippen molar-refractivity contribution in [1.82, 2.24) is 5.32 Å². The van der Waals surface area contributed by atoms with E-state index in [4.69, 9.17) is 16.3 Å². The summed E-state index contributed by atoms with van der Waals surface area (Å²) in [5, 5.41) is 13.8. The fourth-order valence-corrected chi connectivity index (χ4v) is 3.05. The Labute approximate surface area is 132 Å². The molecule has 0 saturated carbocycles. The predicted octanol–water partition coefficient (Wildman–Crippen LogP) is 2.28. The normalized spacial score (nSPS) is 20.0. The molecule has 1 heterocycles. The molecule has 2 atom stereocenters. The average Bonchev–Trinajstić information content (AvgIpc) is 2.93. The maximum Gasteiger partial charge on any atom is 0.0642 e. The van der Waals surface area contributed by atoms with Crippen LogP contribution in [0.5, 0.6) is 0 Å². The Morgan fingerprint density at radius 3 is 2.95 bits per heavy atom. The zero-order chi connectivity index (χ0) is 15.2. The maximum atomic E-state index is 9.69. The van der Waals surface area contributed by atoms with Crippen molar-refractivity contribution in [1.29, 1.82) is 0 Å². The van der Waals surface area contributed by atoms with Crippen LogP contribution in [-0.2, 0) is 11.3 Å². The van der Waals surface area contributed by atoms with Gasteiger partial charge in [0.05, 0.1) is 23.4 Å². The number of nitrogens with zero attached hydrogens (tertiary/aromatic N) is 1. The first-order valence-electron chi connectivity index (χ1n) is 7.53. The van der Waals surface area contributed by atoms with E-state index in [0.29, 0.717) is 12.5 Å². The van der Waals surface area contributed by atoms with Crippen molar-refractivity contribution >= 4 is 17.3 Å². The van der Waals surface area contributed by atoms with Crippen molar-refractivity contribution in [3.63, 3.8) is 0 Å². The molecule has 0 bridgehead atoms. The number of aliphatic hydroxyl groups is 1. The molecule has 1 fully saturated rings. The van der Waals surface area contributed by atoms with Gasteiger partial charge in [0.1, 0.15) is 0 Å². The number of hydrogen-bond acceptors (Lipinski definition) is 4. The zero-order valence-electron chi connectivity index (χ0n) is 12.8. The number of methoxy groups -OCH3 is 1. The largest absolute Gasteiger partial charge is 0.393 e. The third kappa shape index (κ3) is 4.58. The molecule has 2 N–H and O–H groups in total. The molecule has 4 nitrogen and oxygen atoms in total. The van der Waals surface area contributed by atoms with Gasteiger partial charge in [-0.2, -0.15) is 0 Å². The highest BCUT2D eigenvalue weighted by molar-refractivity contribution is 6.33. The number of halogens is 1. The van der Waals surface area contributed by atoms with Crippen molar-refractivity contribution in [2.75, 3.05) is 38.3 Å². The molecule has 1 aliphatic rings. The Bertz CT molecular complexity index is 454. The van der Waals surface area contributed by atoms with Gasteiger partial charge in [-0.05, 0) is 31.0 Å². The van der Waals surface area contributed by atoms with E-state index >= 15 is 0 Å². The minimum Gasteiger partial charge on any atom is -0.393 e. The second-order valence-electron chi connectivity index (χ2n) is 5.69. The van der Waals surface area contributed by atoms with E-state index in [2.05, 4.69) is 22.3 Å². The monoisotopic (exact) mass is 312 g/mol. The van der Waals surface area contributed by atoms with Crippen LogP contribution in [0, 0.1) is 5.92 Å². The van der Waals surface area contributed by atoms with Crippen LogP contribution in [0.25, 0.3) is 0 Å². The molecule has 1 aromatic rings. The maximum absolute atomic E-state index is 9.69. The molecule has 5 heteroatoms. The van der Waals surface area contributed by atoms with Gasteiger partial charge in [-0.25, -0.2) is 0 Å². The molecule has 0 aromatic heterocycles. The highest BCUT2D eigenvalue weighted by atomic mass is 35.5. The van der Waals surface area contributed by atoms with Crippen molar-refractivity contribution in [2.24, 2.45) is 5.92 Å². The smallest absolute Gasteiger partial charge is 0.0642 e. The Morgan fingerprint density at radius 1 is 1.52 bits per heavy atom. The Balaban J connectivity index is 1.93. The molecule has 1 saturated heterocycles. The van der Waals surface area contributed by atoms with Crippen LogP contribution in [0.4, 0.5) is 5.69 Å². The lowest BCUT2D eigenvalue weighted by Gasteiger charge is -2.21. The number of ether oxygens (including phenoxy) is 1. The molecule has 0 aliphatic carbocycles. The van der Waals surface area contributed by atoms with E-state index < -0.39 is 0 Å². The second kappa shape index (κ2) is 7.99. The van der Waals surface area contributed by atoms with Gasteiger partial charge < -0.3 is 20.1 Å². The van der Waals surface area contributed by atoms with Gasteiger partial charge in [0.15, 0.2) is 0 Å². The second-order valence-corrected chi connectivity index (χ2v) is 6.10. The van der Waals surface area contributed by atoms with Crippen molar-refractivity contribution in [3.8, 4) is 0 Å². The highest BCUT2D eigenvalue weighted by Gasteiger charge is 2.27. The summed E-state index contributed by atoms with van der Waals surface area (Å²) in [6, 6.07) is 6.21. The number of hydrogen-bond donors (Lipinski definition) is 2. The lowest BCUT2D eigenvalue weighted by atomic mass is 10.0. The first-order chi connectivity index (χ1) is 10.1. The number of benzene rings is 1. The van der Waals surface area contributed by atoms with E-state index in [1.54, 1.807) is 7.11 Å². The molecule has 1 aliphatic heterocycles. The molecule has 118 valence electrons. The van der Waals surface area contributed by atoms with Crippen LogP contribution in [0.15, 0.2) is 18.2 Å². The lowest BCUT2D eigenvalue weighted by molar-refractivity contribution is 0.136. The first kappa shape index (κ1) is 16.6. The number of aliphatic hydroxyl groups excluding tert-OH is 1. The Kier molecular flexibility index (Phi) is 6.30. The topological polar surface area (TPSA) is 44.7 Å². The van der Waals surface area contributed by atoms with Crippen LogP contribution < -0.4 is 10.2 Å². The first-order valence-corrected chi connectivity index (χ1v) is 7.90. The van der Waals surface area contributed by atoms with Crippen LogP contribution in [0.1, 0.15) is 18.9 Å². The summed E-state index contributed by atoms with van der Waals surface area (Å²) in [5.41, 5.74) is 2.24. The van der Waals surface area contributed by atoms with Gasteiger partial charge >= 0.3 is 0 Å². The summed E-state index contributed by atoms with van der Waals surface area (Å²) >= 11 is 6.42. The van der Waals surface area contributed by atoms with Gasteiger partial charge in [0.2, 0.25) is 0 Å². The van der Waals surface area contributed by atoms with Gasteiger partial charge in [-0.1, -0.05) is 17.7 Å². The molecule has 0 radical (unpaired) electrons. The van der Waals surface area contributed by atoms with Crippen LogP contribution in [-0.4, -0.2) is 44.6 Å². The van der Waals surface area contributed by atoms with E-state index in [1.165, 1.54) is 5.56 Å². The van der Waals surface area contributed by atoms with E-state index in [-0.39, 0.29) is 6.10 Å². The van der Waals surface area contributed by atoms with Crippen LogP contribution in [0.3, 0.4) is 0 Å². The summed E-state index contributed by atoms with van der Waals surface area (Å²) in [6.07, 6.45) is 0.770. The average molecular weight is 313 g/mol. The molecule has 0 spiro atoms. The molecule has 2 rings (SSSR count). The summed E-state index contributed by atoms with van der Waals surface area (Å²) in [7, 11) is 1.70. The van der Waals surface area contributed by atoms with E-state index in [0.717, 1.165) is 43.3 Å². The molecular formula is C16H25ClN2O2. The summed E-state index contributed by atoms with van der Waals surface area (Å²) in [6.45, 7) is 6.03. The zero-order valence-corrected chi connectivity index (χ0v) is 13.6. The quantitative estimate of drug-likeness (QED) is 0.758. The minimum absolute atomic E-state index is 0.252. The van der Waals surface area contributed by atoms with Gasteiger partial charge in [0.25, 0.3) is 0 Å². The van der Waals surface area contributed by atoms with Crippen LogP contribution in [0.2, 0.25) is 5.02 Å².